The molecule has 2 atom stereocenters. The minimum atomic E-state index is -1.14. The summed E-state index contributed by atoms with van der Waals surface area (Å²) in [5.74, 6) is 0. The maximum Gasteiger partial charge on any atom is 0.410 e. The highest BCUT2D eigenvalue weighted by Crippen LogP contribution is 2.20. The van der Waals surface area contributed by atoms with E-state index in [4.69, 9.17) is 10.00 Å². The maximum absolute atomic E-state index is 11.5. The zero-order valence-corrected chi connectivity index (χ0v) is 8.43. The summed E-state index contributed by atoms with van der Waals surface area (Å²) in [4.78, 5) is 12.9. The number of aliphatic hydroxyl groups excluding tert-OH is 1. The van der Waals surface area contributed by atoms with Crippen molar-refractivity contribution in [3.05, 3.63) is 12.7 Å². The largest absolute Gasteiger partial charge is 0.445 e. The number of ether oxygens (including phenoxy) is 1. The molecule has 1 unspecified atom stereocenters. The number of carbonyl (C=O) groups is 1. The van der Waals surface area contributed by atoms with E-state index in [0.717, 1.165) is 6.42 Å². The van der Waals surface area contributed by atoms with E-state index in [1.165, 1.54) is 11.0 Å². The predicted molar refractivity (Wildman–Crippen MR) is 52.9 cm³/mol. The first-order valence-corrected chi connectivity index (χ1v) is 4.82. The van der Waals surface area contributed by atoms with E-state index < -0.39 is 18.2 Å². The Labute approximate surface area is 88.6 Å². The van der Waals surface area contributed by atoms with Crippen LogP contribution in [0, 0.1) is 11.3 Å². The summed E-state index contributed by atoms with van der Waals surface area (Å²) in [6.07, 6.45) is 1.27. The van der Waals surface area contributed by atoms with E-state index >= 15 is 0 Å². The van der Waals surface area contributed by atoms with Crippen LogP contribution in [0.4, 0.5) is 4.79 Å². The minimum absolute atomic E-state index is 0.144. The monoisotopic (exact) mass is 210 g/mol. The van der Waals surface area contributed by atoms with E-state index in [2.05, 4.69) is 6.58 Å². The molecule has 0 saturated carbocycles. The molecule has 1 rings (SSSR count). The number of hydrogen-bond donors (Lipinski definition) is 1. The third kappa shape index (κ3) is 2.70. The standard InChI is InChI=1S/C10H14N2O3/c1-2-6-15-10(14)12-5-3-4-8(12)9(13)7-11/h2,8-9,13H,1,3-6H2/t8-,9?/m0/s1. The average Bonchev–Trinajstić information content (AvgIpc) is 2.73. The Morgan fingerprint density at radius 1 is 1.87 bits per heavy atom. The molecule has 5 heteroatoms. The molecular formula is C10H14N2O3. The van der Waals surface area contributed by atoms with Gasteiger partial charge in [-0.3, -0.25) is 0 Å². The molecule has 0 aromatic carbocycles. The van der Waals surface area contributed by atoms with Crippen LogP contribution in [0.5, 0.6) is 0 Å². The molecule has 15 heavy (non-hydrogen) atoms. The molecule has 1 aliphatic rings. The van der Waals surface area contributed by atoms with Gasteiger partial charge >= 0.3 is 6.09 Å². The van der Waals surface area contributed by atoms with Crippen LogP contribution in [0.25, 0.3) is 0 Å². The van der Waals surface area contributed by atoms with Crippen LogP contribution in [0.2, 0.25) is 0 Å². The van der Waals surface area contributed by atoms with Gasteiger partial charge in [0.15, 0.2) is 6.10 Å². The highest BCUT2D eigenvalue weighted by molar-refractivity contribution is 5.68. The summed E-state index contributed by atoms with van der Waals surface area (Å²) in [6, 6.07) is 1.30. The smallest absolute Gasteiger partial charge is 0.410 e. The molecule has 1 saturated heterocycles. The molecule has 82 valence electrons. The van der Waals surface area contributed by atoms with E-state index in [0.29, 0.717) is 13.0 Å². The molecule has 5 nitrogen and oxygen atoms in total. The summed E-state index contributed by atoms with van der Waals surface area (Å²) in [6.45, 7) is 4.10. The lowest BCUT2D eigenvalue weighted by molar-refractivity contribution is 0.0761. The van der Waals surface area contributed by atoms with Crippen molar-refractivity contribution in [3.8, 4) is 6.07 Å². The summed E-state index contributed by atoms with van der Waals surface area (Å²) in [7, 11) is 0. The van der Waals surface area contributed by atoms with Crippen molar-refractivity contribution in [1.82, 2.24) is 4.90 Å². The van der Waals surface area contributed by atoms with Crippen molar-refractivity contribution in [2.75, 3.05) is 13.2 Å². The SMILES string of the molecule is C=CCOC(=O)N1CCC[C@H]1C(O)C#N. The fourth-order valence-corrected chi connectivity index (χ4v) is 1.65. The van der Waals surface area contributed by atoms with Crippen molar-refractivity contribution in [2.24, 2.45) is 0 Å². The molecule has 1 aliphatic heterocycles. The first-order chi connectivity index (χ1) is 7.20. The van der Waals surface area contributed by atoms with Gasteiger partial charge in [-0.05, 0) is 12.8 Å². The maximum atomic E-state index is 11.5. The number of rotatable bonds is 3. The summed E-state index contributed by atoms with van der Waals surface area (Å²) < 4.78 is 4.85. The van der Waals surface area contributed by atoms with Crippen LogP contribution in [-0.2, 0) is 4.74 Å². The van der Waals surface area contributed by atoms with Crippen molar-refractivity contribution in [2.45, 2.75) is 25.0 Å². The molecule has 0 aromatic rings. The Kier molecular flexibility index (Phi) is 4.13. The quantitative estimate of drug-likeness (QED) is 0.548. The minimum Gasteiger partial charge on any atom is -0.445 e. The van der Waals surface area contributed by atoms with Crippen LogP contribution >= 0.6 is 0 Å². The van der Waals surface area contributed by atoms with Crippen LogP contribution < -0.4 is 0 Å². The number of nitrogens with zero attached hydrogens (tertiary/aromatic N) is 2. The third-order valence-corrected chi connectivity index (χ3v) is 2.36. The van der Waals surface area contributed by atoms with Gasteiger partial charge in [-0.25, -0.2) is 4.79 Å². The molecule has 0 radical (unpaired) electrons. The van der Waals surface area contributed by atoms with Gasteiger partial charge in [0.05, 0.1) is 12.1 Å². The van der Waals surface area contributed by atoms with Gasteiger partial charge in [-0.15, -0.1) is 0 Å². The molecule has 0 spiro atoms. The van der Waals surface area contributed by atoms with Crippen LogP contribution in [0.1, 0.15) is 12.8 Å². The Hall–Kier alpha value is -1.54. The van der Waals surface area contributed by atoms with Crippen molar-refractivity contribution in [1.29, 1.82) is 5.26 Å². The molecule has 1 N–H and O–H groups in total. The first-order valence-electron chi connectivity index (χ1n) is 4.82. The average molecular weight is 210 g/mol. The number of amides is 1. The lowest BCUT2D eigenvalue weighted by atomic mass is 10.1. The van der Waals surface area contributed by atoms with E-state index in [1.54, 1.807) is 6.07 Å². The Bertz CT molecular complexity index is 285. The Morgan fingerprint density at radius 3 is 3.20 bits per heavy atom. The molecule has 1 heterocycles. The number of likely N-dealkylation sites (tertiary alicyclic amines) is 1. The van der Waals surface area contributed by atoms with Gasteiger partial charge in [0.1, 0.15) is 6.61 Å². The van der Waals surface area contributed by atoms with E-state index in [1.807, 2.05) is 0 Å². The number of carbonyl (C=O) groups excluding carboxylic acids is 1. The second-order valence-electron chi connectivity index (χ2n) is 3.34. The fraction of sp³-hybridized carbons (Fsp3) is 0.600. The number of aliphatic hydroxyl groups is 1. The molecule has 0 aromatic heterocycles. The molecule has 0 aliphatic carbocycles. The van der Waals surface area contributed by atoms with E-state index in [9.17, 15) is 9.90 Å². The lowest BCUT2D eigenvalue weighted by Gasteiger charge is -2.24. The van der Waals surface area contributed by atoms with Crippen molar-refractivity contribution >= 4 is 6.09 Å². The molecule has 1 fully saturated rings. The number of nitriles is 1. The van der Waals surface area contributed by atoms with Crippen LogP contribution in [0.15, 0.2) is 12.7 Å². The Morgan fingerprint density at radius 2 is 2.60 bits per heavy atom. The molecular weight excluding hydrogens is 196 g/mol. The van der Waals surface area contributed by atoms with Gasteiger partial charge < -0.3 is 14.7 Å². The zero-order chi connectivity index (χ0) is 11.3. The van der Waals surface area contributed by atoms with Gasteiger partial charge in [0, 0.05) is 6.54 Å². The van der Waals surface area contributed by atoms with Gasteiger partial charge in [-0.2, -0.15) is 5.26 Å². The number of hydrogen-bond acceptors (Lipinski definition) is 4. The highest BCUT2D eigenvalue weighted by atomic mass is 16.6. The molecule has 0 bridgehead atoms. The fourth-order valence-electron chi connectivity index (χ4n) is 1.65. The van der Waals surface area contributed by atoms with Crippen molar-refractivity contribution in [3.63, 3.8) is 0 Å². The third-order valence-electron chi connectivity index (χ3n) is 2.36. The molecule has 1 amide bonds. The topological polar surface area (TPSA) is 73.6 Å². The predicted octanol–water partition coefficient (Wildman–Crippen LogP) is 0.658. The highest BCUT2D eigenvalue weighted by Gasteiger charge is 2.34. The second kappa shape index (κ2) is 5.37. The summed E-state index contributed by atoms with van der Waals surface area (Å²) in [5.41, 5.74) is 0. The van der Waals surface area contributed by atoms with Gasteiger partial charge in [-0.1, -0.05) is 12.7 Å². The lowest BCUT2D eigenvalue weighted by Crippen LogP contribution is -2.42. The van der Waals surface area contributed by atoms with Gasteiger partial charge in [0.25, 0.3) is 0 Å². The van der Waals surface area contributed by atoms with Gasteiger partial charge in [0.2, 0.25) is 0 Å². The summed E-state index contributed by atoms with van der Waals surface area (Å²) >= 11 is 0. The zero-order valence-electron chi connectivity index (χ0n) is 8.43. The van der Waals surface area contributed by atoms with Crippen molar-refractivity contribution < 1.29 is 14.6 Å². The normalized spacial score (nSPS) is 21.9. The first kappa shape index (κ1) is 11.5. The van der Waals surface area contributed by atoms with Crippen LogP contribution in [-0.4, -0.2) is 41.4 Å². The summed E-state index contributed by atoms with van der Waals surface area (Å²) in [5, 5.41) is 17.9. The van der Waals surface area contributed by atoms with Crippen LogP contribution in [0.3, 0.4) is 0 Å². The second-order valence-corrected chi connectivity index (χ2v) is 3.34. The Balaban J connectivity index is 2.56. The van der Waals surface area contributed by atoms with E-state index in [-0.39, 0.29) is 6.61 Å².